The Balaban J connectivity index is 2.35. The predicted octanol–water partition coefficient (Wildman–Crippen LogP) is 2.17. The van der Waals surface area contributed by atoms with Gasteiger partial charge < -0.3 is 4.98 Å². The summed E-state index contributed by atoms with van der Waals surface area (Å²) in [6, 6.07) is 7.60. The van der Waals surface area contributed by atoms with E-state index in [0.29, 0.717) is 16.5 Å². The van der Waals surface area contributed by atoms with Crippen molar-refractivity contribution in [3.05, 3.63) is 39.8 Å². The van der Waals surface area contributed by atoms with E-state index in [4.69, 9.17) is 11.6 Å². The second-order valence-corrected chi connectivity index (χ2v) is 4.07. The van der Waals surface area contributed by atoms with E-state index in [1.165, 1.54) is 4.57 Å². The maximum Gasteiger partial charge on any atom is 0.441 e. The fraction of sp³-hybridized carbons (Fsp3) is 0.0909. The average Bonchev–Trinajstić information content (AvgIpc) is 2.83. The molecular weight excluding hydrogens is 242 g/mol. The zero-order valence-corrected chi connectivity index (χ0v) is 9.65. The van der Waals surface area contributed by atoms with E-state index < -0.39 is 5.76 Å². The third-order valence-electron chi connectivity index (χ3n) is 2.67. The minimum atomic E-state index is -0.519. The number of hydrogen-bond donors (Lipinski definition) is 1. The zero-order valence-electron chi connectivity index (χ0n) is 8.90. The lowest BCUT2D eigenvalue weighted by Crippen LogP contribution is -2.10. The van der Waals surface area contributed by atoms with Crippen LogP contribution in [0.1, 0.15) is 0 Å². The van der Waals surface area contributed by atoms with E-state index in [-0.39, 0.29) is 0 Å². The van der Waals surface area contributed by atoms with Gasteiger partial charge in [-0.1, -0.05) is 35.0 Å². The van der Waals surface area contributed by atoms with Gasteiger partial charge in [0.2, 0.25) is 5.82 Å². The fourth-order valence-corrected chi connectivity index (χ4v) is 2.06. The van der Waals surface area contributed by atoms with Gasteiger partial charge in [0, 0.05) is 18.0 Å². The van der Waals surface area contributed by atoms with Crippen molar-refractivity contribution in [1.82, 2.24) is 14.7 Å². The first-order valence-electron chi connectivity index (χ1n) is 4.98. The number of fused-ring (bicyclic) bond motifs is 1. The third kappa shape index (κ3) is 1.39. The summed E-state index contributed by atoms with van der Waals surface area (Å²) in [5, 5.41) is 5.12. The molecule has 3 aromatic rings. The van der Waals surface area contributed by atoms with Crippen molar-refractivity contribution in [3.8, 4) is 11.5 Å². The molecule has 5 nitrogen and oxygen atoms in total. The molecule has 6 heteroatoms. The first-order chi connectivity index (χ1) is 8.18. The minimum absolute atomic E-state index is 0.385. The van der Waals surface area contributed by atoms with Crippen LogP contribution in [0.5, 0.6) is 0 Å². The predicted molar refractivity (Wildman–Crippen MR) is 64.0 cm³/mol. The van der Waals surface area contributed by atoms with Crippen molar-refractivity contribution in [2.75, 3.05) is 0 Å². The molecule has 0 fully saturated rings. The molecular formula is C11H8ClN3O2. The van der Waals surface area contributed by atoms with Crippen LogP contribution in [0.25, 0.3) is 22.4 Å². The van der Waals surface area contributed by atoms with Gasteiger partial charge in [0.05, 0.1) is 5.02 Å². The van der Waals surface area contributed by atoms with Crippen LogP contribution >= 0.6 is 11.6 Å². The van der Waals surface area contributed by atoms with Gasteiger partial charge in [-0.3, -0.25) is 9.09 Å². The van der Waals surface area contributed by atoms with Crippen molar-refractivity contribution in [3.63, 3.8) is 0 Å². The van der Waals surface area contributed by atoms with Gasteiger partial charge in [-0.05, 0) is 6.07 Å². The lowest BCUT2D eigenvalue weighted by molar-refractivity contribution is 0.380. The summed E-state index contributed by atoms with van der Waals surface area (Å²) in [4.78, 5) is 14.3. The smallest absolute Gasteiger partial charge is 0.351 e. The standard InChI is InChI=1S/C11H8ClN3O2/c1-15-10(14-17-11(15)16)9-8(12)6-4-2-3-5-7(6)13-9/h2-5,13H,1H3. The normalized spacial score (nSPS) is 11.2. The third-order valence-corrected chi connectivity index (χ3v) is 3.06. The van der Waals surface area contributed by atoms with Crippen LogP contribution in [0.2, 0.25) is 5.02 Å². The number of halogens is 1. The topological polar surface area (TPSA) is 63.8 Å². The van der Waals surface area contributed by atoms with E-state index in [2.05, 4.69) is 14.7 Å². The molecule has 1 N–H and O–H groups in total. The Morgan fingerprint density at radius 2 is 2.18 bits per heavy atom. The van der Waals surface area contributed by atoms with Crippen LogP contribution < -0.4 is 5.76 Å². The molecule has 0 unspecified atom stereocenters. The van der Waals surface area contributed by atoms with Crippen molar-refractivity contribution in [1.29, 1.82) is 0 Å². The molecule has 0 aliphatic carbocycles. The van der Waals surface area contributed by atoms with Crippen molar-refractivity contribution >= 4 is 22.5 Å². The first kappa shape index (κ1) is 10.2. The van der Waals surface area contributed by atoms with Crippen LogP contribution in [-0.4, -0.2) is 14.7 Å². The average molecular weight is 250 g/mol. The van der Waals surface area contributed by atoms with E-state index >= 15 is 0 Å². The molecule has 0 spiro atoms. The van der Waals surface area contributed by atoms with Gasteiger partial charge in [0.15, 0.2) is 0 Å². The molecule has 0 radical (unpaired) electrons. The zero-order chi connectivity index (χ0) is 12.0. The molecule has 0 aliphatic rings. The van der Waals surface area contributed by atoms with Crippen molar-refractivity contribution in [2.45, 2.75) is 0 Å². The van der Waals surface area contributed by atoms with Gasteiger partial charge in [-0.2, -0.15) is 0 Å². The summed E-state index contributed by atoms with van der Waals surface area (Å²) in [6.45, 7) is 0. The molecule has 17 heavy (non-hydrogen) atoms. The van der Waals surface area contributed by atoms with Gasteiger partial charge in [-0.25, -0.2) is 4.79 Å². The molecule has 3 rings (SSSR count). The second-order valence-electron chi connectivity index (χ2n) is 3.69. The van der Waals surface area contributed by atoms with E-state index in [9.17, 15) is 4.79 Å². The van der Waals surface area contributed by atoms with E-state index in [1.807, 2.05) is 24.3 Å². The Kier molecular flexibility index (Phi) is 2.09. The van der Waals surface area contributed by atoms with Gasteiger partial charge in [0.1, 0.15) is 5.69 Å². The maximum atomic E-state index is 11.2. The Hall–Kier alpha value is -2.01. The molecule has 0 bridgehead atoms. The highest BCUT2D eigenvalue weighted by atomic mass is 35.5. The number of H-pyrrole nitrogens is 1. The van der Waals surface area contributed by atoms with Crippen molar-refractivity contribution < 1.29 is 4.52 Å². The SMILES string of the molecule is Cn1c(-c2[nH]c3ccccc3c2Cl)noc1=O. The van der Waals surface area contributed by atoms with Crippen LogP contribution in [0.15, 0.2) is 33.6 Å². The van der Waals surface area contributed by atoms with Gasteiger partial charge >= 0.3 is 5.76 Å². The number of aromatic amines is 1. The molecule has 2 heterocycles. The maximum absolute atomic E-state index is 11.2. The fourth-order valence-electron chi connectivity index (χ4n) is 1.77. The summed E-state index contributed by atoms with van der Waals surface area (Å²) in [5.74, 6) is -0.133. The molecule has 86 valence electrons. The lowest BCUT2D eigenvalue weighted by Gasteiger charge is -1.94. The van der Waals surface area contributed by atoms with Crippen LogP contribution in [0, 0.1) is 0 Å². The largest absolute Gasteiger partial charge is 0.441 e. The summed E-state index contributed by atoms with van der Waals surface area (Å²) >= 11 is 6.24. The highest BCUT2D eigenvalue weighted by molar-refractivity contribution is 6.38. The molecule has 2 aromatic heterocycles. The summed E-state index contributed by atoms with van der Waals surface area (Å²) in [5.41, 5.74) is 1.48. The highest BCUT2D eigenvalue weighted by Gasteiger charge is 2.17. The minimum Gasteiger partial charge on any atom is -0.351 e. The number of nitrogens with zero attached hydrogens (tertiary/aromatic N) is 2. The number of para-hydroxylation sites is 1. The number of benzene rings is 1. The molecule has 0 saturated carbocycles. The molecule has 1 aromatic carbocycles. The summed E-state index contributed by atoms with van der Waals surface area (Å²) < 4.78 is 5.88. The number of hydrogen-bond acceptors (Lipinski definition) is 3. The van der Waals surface area contributed by atoms with Crippen LogP contribution in [0.3, 0.4) is 0 Å². The van der Waals surface area contributed by atoms with Crippen LogP contribution in [-0.2, 0) is 7.05 Å². The quantitative estimate of drug-likeness (QED) is 0.719. The molecule has 0 aliphatic heterocycles. The lowest BCUT2D eigenvalue weighted by atomic mass is 10.2. The number of rotatable bonds is 1. The molecule has 0 amide bonds. The number of nitrogens with one attached hydrogen (secondary N) is 1. The first-order valence-corrected chi connectivity index (χ1v) is 5.35. The second kappa shape index (κ2) is 3.49. The van der Waals surface area contributed by atoms with E-state index in [1.54, 1.807) is 7.05 Å². The summed E-state index contributed by atoms with van der Waals surface area (Å²) in [7, 11) is 1.58. The Morgan fingerprint density at radius 1 is 1.41 bits per heavy atom. The van der Waals surface area contributed by atoms with Crippen LogP contribution in [0.4, 0.5) is 0 Å². The van der Waals surface area contributed by atoms with Gasteiger partial charge in [-0.15, -0.1) is 0 Å². The monoisotopic (exact) mass is 249 g/mol. The van der Waals surface area contributed by atoms with Gasteiger partial charge in [0.25, 0.3) is 0 Å². The van der Waals surface area contributed by atoms with E-state index in [0.717, 1.165) is 10.9 Å². The molecule has 0 atom stereocenters. The Morgan fingerprint density at radius 3 is 2.82 bits per heavy atom. The summed E-state index contributed by atoms with van der Waals surface area (Å²) in [6.07, 6.45) is 0. The Bertz CT molecular complexity index is 754. The van der Waals surface area contributed by atoms with Crippen molar-refractivity contribution in [2.24, 2.45) is 7.05 Å². The molecule has 0 saturated heterocycles. The highest BCUT2D eigenvalue weighted by Crippen LogP contribution is 2.32. The Labute approximate surface area is 101 Å². The number of aromatic nitrogens is 3.